The average molecular weight is 416 g/mol. The van der Waals surface area contributed by atoms with Gasteiger partial charge in [0.05, 0.1) is 5.75 Å². The molecule has 0 atom stereocenters. The van der Waals surface area contributed by atoms with Crippen molar-refractivity contribution >= 4 is 29.6 Å². The summed E-state index contributed by atoms with van der Waals surface area (Å²) >= 11 is 1.05. The summed E-state index contributed by atoms with van der Waals surface area (Å²) in [4.78, 5) is 41.2. The van der Waals surface area contributed by atoms with Crippen LogP contribution in [0.3, 0.4) is 0 Å². The van der Waals surface area contributed by atoms with Gasteiger partial charge >= 0.3 is 6.03 Å². The van der Waals surface area contributed by atoms with E-state index in [1.54, 1.807) is 24.5 Å². The van der Waals surface area contributed by atoms with E-state index < -0.39 is 23.4 Å². The number of hydrogen-bond acceptors (Lipinski definition) is 8. The van der Waals surface area contributed by atoms with Crippen LogP contribution in [0.2, 0.25) is 0 Å². The monoisotopic (exact) mass is 416 g/mol. The van der Waals surface area contributed by atoms with Crippen molar-refractivity contribution in [2.24, 2.45) is 0 Å². The third kappa shape index (κ3) is 3.62. The van der Waals surface area contributed by atoms with Crippen LogP contribution in [0.15, 0.2) is 29.7 Å². The second-order valence-electron chi connectivity index (χ2n) is 6.96. The van der Waals surface area contributed by atoms with E-state index in [-0.39, 0.29) is 5.75 Å². The number of nitrogens with two attached hydrogens (primary N) is 1. The van der Waals surface area contributed by atoms with Gasteiger partial charge in [0, 0.05) is 18.0 Å². The highest BCUT2D eigenvalue weighted by atomic mass is 32.2. The Morgan fingerprint density at radius 2 is 2.07 bits per heavy atom. The maximum atomic E-state index is 12.7. The number of hydrazine groups is 1. The van der Waals surface area contributed by atoms with Gasteiger partial charge in [-0.2, -0.15) is 5.01 Å². The number of nitrogens with zero attached hydrogens (tertiary/aromatic N) is 5. The van der Waals surface area contributed by atoms with Gasteiger partial charge in [0.25, 0.3) is 5.91 Å². The van der Waals surface area contributed by atoms with Crippen molar-refractivity contribution in [2.45, 2.75) is 42.8 Å². The molecule has 29 heavy (non-hydrogen) atoms. The van der Waals surface area contributed by atoms with Gasteiger partial charge in [-0.15, -0.1) is 10.2 Å². The average Bonchev–Trinajstić information content (AvgIpc) is 3.20. The first-order chi connectivity index (χ1) is 14.0. The lowest BCUT2D eigenvalue weighted by Gasteiger charge is -2.30. The van der Waals surface area contributed by atoms with Crippen LogP contribution >= 0.6 is 11.8 Å². The van der Waals surface area contributed by atoms with Crippen molar-refractivity contribution in [3.63, 3.8) is 0 Å². The molecule has 2 aromatic heterocycles. The fraction of sp³-hybridized carbons (Fsp3) is 0.412. The van der Waals surface area contributed by atoms with Crippen LogP contribution < -0.4 is 16.6 Å². The quantitative estimate of drug-likeness (QED) is 0.361. The molecule has 0 radical (unpaired) electrons. The van der Waals surface area contributed by atoms with E-state index >= 15 is 0 Å². The molecular formula is C17H20N8O3S. The van der Waals surface area contributed by atoms with Crippen molar-refractivity contribution in [3.8, 4) is 11.4 Å². The lowest BCUT2D eigenvalue weighted by Crippen LogP contribution is -2.51. The molecule has 0 unspecified atom stereocenters. The Hall–Kier alpha value is -3.15. The summed E-state index contributed by atoms with van der Waals surface area (Å²) in [6, 6.07) is 2.94. The Kier molecular flexibility index (Phi) is 5.09. The highest BCUT2D eigenvalue weighted by Crippen LogP contribution is 2.33. The Balaban J connectivity index is 1.37. The first-order valence-corrected chi connectivity index (χ1v) is 10.2. The van der Waals surface area contributed by atoms with Crippen molar-refractivity contribution < 1.29 is 14.4 Å². The molecule has 12 heteroatoms. The van der Waals surface area contributed by atoms with Crippen LogP contribution in [-0.2, 0) is 9.59 Å². The number of carbonyl (C=O) groups is 3. The number of nitrogens with one attached hydrogen (secondary N) is 2. The number of rotatable bonds is 5. The highest BCUT2D eigenvalue weighted by molar-refractivity contribution is 7.99. The summed E-state index contributed by atoms with van der Waals surface area (Å²) in [5.74, 6) is 5.41. The van der Waals surface area contributed by atoms with Crippen molar-refractivity contribution in [3.05, 3.63) is 24.5 Å². The van der Waals surface area contributed by atoms with E-state index in [9.17, 15) is 14.4 Å². The number of pyridine rings is 1. The number of nitrogen functional groups attached to an aromatic ring is 1. The molecule has 4 N–H and O–H groups in total. The Bertz CT molecular complexity index is 941. The second-order valence-corrected chi connectivity index (χ2v) is 7.90. The van der Waals surface area contributed by atoms with Gasteiger partial charge in [-0.3, -0.25) is 20.0 Å². The number of thioether (sulfide) groups is 1. The molecule has 2 fully saturated rings. The number of imide groups is 1. The van der Waals surface area contributed by atoms with E-state index in [4.69, 9.17) is 5.84 Å². The first-order valence-electron chi connectivity index (χ1n) is 9.20. The van der Waals surface area contributed by atoms with Crippen LogP contribution in [0, 0.1) is 0 Å². The normalized spacial score (nSPS) is 18.1. The van der Waals surface area contributed by atoms with Gasteiger partial charge in [-0.1, -0.05) is 31.0 Å². The Labute approximate surface area is 170 Å². The van der Waals surface area contributed by atoms with Crippen molar-refractivity contribution in [1.82, 2.24) is 35.6 Å². The Morgan fingerprint density at radius 3 is 2.79 bits per heavy atom. The zero-order valence-corrected chi connectivity index (χ0v) is 16.3. The minimum Gasteiger partial charge on any atom is -0.335 e. The lowest BCUT2D eigenvalue weighted by atomic mass is 9.82. The zero-order chi connectivity index (χ0) is 20.4. The molecule has 4 rings (SSSR count). The van der Waals surface area contributed by atoms with Gasteiger partial charge in [0.2, 0.25) is 11.1 Å². The molecule has 0 aromatic carbocycles. The molecule has 152 valence electrons. The molecule has 2 aromatic rings. The minimum atomic E-state index is -0.883. The predicted molar refractivity (Wildman–Crippen MR) is 103 cm³/mol. The molecule has 4 amide bonds. The summed E-state index contributed by atoms with van der Waals surface area (Å²) in [6.07, 6.45) is 7.19. The zero-order valence-electron chi connectivity index (χ0n) is 15.5. The number of carbonyl (C=O) groups excluding carboxylic acids is 3. The smallest absolute Gasteiger partial charge is 0.335 e. The number of amides is 4. The summed E-state index contributed by atoms with van der Waals surface area (Å²) in [5, 5.41) is 11.8. The first kappa shape index (κ1) is 19.2. The molecule has 1 aliphatic carbocycles. The van der Waals surface area contributed by atoms with E-state index in [1.807, 2.05) is 0 Å². The molecule has 1 saturated carbocycles. The van der Waals surface area contributed by atoms with Gasteiger partial charge < -0.3 is 11.2 Å². The van der Waals surface area contributed by atoms with E-state index in [0.29, 0.717) is 29.4 Å². The standard InChI is InChI=1S/C17H20N8O3S/c18-24-13(11-5-4-8-19-9-11)21-22-16(24)29-10-12(26)23-25-14(27)17(20-15(25)28)6-2-1-3-7-17/h4-5,8-9H,1-3,6-7,10,18H2,(H,20,28)(H,23,26). The number of aromatic nitrogens is 4. The van der Waals surface area contributed by atoms with Crippen LogP contribution in [0.4, 0.5) is 4.79 Å². The number of urea groups is 1. The molecule has 0 bridgehead atoms. The third-order valence-electron chi connectivity index (χ3n) is 5.02. The summed E-state index contributed by atoms with van der Waals surface area (Å²) in [7, 11) is 0. The Morgan fingerprint density at radius 1 is 1.28 bits per heavy atom. The summed E-state index contributed by atoms with van der Waals surface area (Å²) in [6.45, 7) is 0. The van der Waals surface area contributed by atoms with E-state index in [0.717, 1.165) is 36.0 Å². The molecule has 11 nitrogen and oxygen atoms in total. The summed E-state index contributed by atoms with van der Waals surface area (Å²) in [5.41, 5.74) is 2.19. The van der Waals surface area contributed by atoms with Crippen molar-refractivity contribution in [1.29, 1.82) is 0 Å². The molecule has 1 saturated heterocycles. The largest absolute Gasteiger partial charge is 0.344 e. The summed E-state index contributed by atoms with van der Waals surface area (Å²) < 4.78 is 1.26. The molecule has 3 heterocycles. The van der Waals surface area contributed by atoms with Crippen LogP contribution in [0.25, 0.3) is 11.4 Å². The molecular weight excluding hydrogens is 396 g/mol. The third-order valence-corrected chi connectivity index (χ3v) is 5.97. The molecule has 1 aliphatic heterocycles. The van der Waals surface area contributed by atoms with Gasteiger partial charge in [0.15, 0.2) is 5.82 Å². The van der Waals surface area contributed by atoms with Gasteiger partial charge in [-0.25, -0.2) is 9.47 Å². The SMILES string of the molecule is Nn1c(SCC(=O)NN2C(=O)NC3(CCCCC3)C2=O)nnc1-c1cccnc1. The van der Waals surface area contributed by atoms with E-state index in [1.165, 1.54) is 4.68 Å². The van der Waals surface area contributed by atoms with Gasteiger partial charge in [0.1, 0.15) is 5.54 Å². The number of hydrogen-bond donors (Lipinski definition) is 3. The van der Waals surface area contributed by atoms with Crippen LogP contribution in [-0.4, -0.2) is 54.0 Å². The van der Waals surface area contributed by atoms with Crippen molar-refractivity contribution in [2.75, 3.05) is 11.6 Å². The topological polar surface area (TPSA) is 148 Å². The maximum absolute atomic E-state index is 12.7. The predicted octanol–water partition coefficient (Wildman–Crippen LogP) is 0.432. The highest BCUT2D eigenvalue weighted by Gasteiger charge is 2.52. The fourth-order valence-electron chi connectivity index (χ4n) is 3.57. The van der Waals surface area contributed by atoms with Crippen LogP contribution in [0.1, 0.15) is 32.1 Å². The maximum Gasteiger partial charge on any atom is 0.344 e. The molecule has 2 aliphatic rings. The second kappa shape index (κ2) is 7.70. The molecule has 1 spiro atoms. The van der Waals surface area contributed by atoms with Crippen LogP contribution in [0.5, 0.6) is 0 Å². The fourth-order valence-corrected chi connectivity index (χ4v) is 4.22. The van der Waals surface area contributed by atoms with Gasteiger partial charge in [-0.05, 0) is 25.0 Å². The lowest BCUT2D eigenvalue weighted by molar-refractivity contribution is -0.139. The van der Waals surface area contributed by atoms with E-state index in [2.05, 4.69) is 25.9 Å². The minimum absolute atomic E-state index is 0.0908.